The van der Waals surface area contributed by atoms with Crippen molar-refractivity contribution in [2.24, 2.45) is 9.98 Å². The van der Waals surface area contributed by atoms with E-state index >= 15 is 0 Å². The first-order valence-corrected chi connectivity index (χ1v) is 3.74. The molecule has 0 radical (unpaired) electrons. The predicted octanol–water partition coefficient (Wildman–Crippen LogP) is 0.225. The van der Waals surface area contributed by atoms with E-state index in [2.05, 4.69) is 9.98 Å². The zero-order valence-electron chi connectivity index (χ0n) is 6.71. The highest BCUT2D eigenvalue weighted by atomic mass is 16.4. The Morgan fingerprint density at radius 2 is 2.46 bits per heavy atom. The lowest BCUT2D eigenvalue weighted by molar-refractivity contribution is -0.129. The van der Waals surface area contributed by atoms with Gasteiger partial charge >= 0.3 is 5.97 Å². The Bertz CT molecular complexity index is 366. The zero-order chi connectivity index (χ0) is 9.26. The van der Waals surface area contributed by atoms with Crippen LogP contribution >= 0.6 is 0 Å². The lowest BCUT2D eigenvalue weighted by atomic mass is 10.3. The molecule has 0 bridgehead atoms. The van der Waals surface area contributed by atoms with Gasteiger partial charge in [-0.1, -0.05) is 0 Å². The van der Waals surface area contributed by atoms with E-state index in [4.69, 9.17) is 5.11 Å². The number of aliphatic carboxylic acids is 1. The number of carboxylic acids is 1. The van der Waals surface area contributed by atoms with Crippen LogP contribution in [0.25, 0.3) is 0 Å². The Labute approximate surface area is 74.4 Å². The Balaban J connectivity index is 2.37. The third kappa shape index (κ3) is 1.24. The summed E-state index contributed by atoms with van der Waals surface area (Å²) in [7, 11) is 0. The number of carboxylic acid groups (broad SMARTS) is 1. The maximum atomic E-state index is 10.7. The quantitative estimate of drug-likeness (QED) is 0.623. The number of fused-ring (bicyclic) bond motifs is 1. The second kappa shape index (κ2) is 2.85. The molecule has 0 spiro atoms. The molecule has 0 fully saturated rings. The highest BCUT2D eigenvalue weighted by Gasteiger charge is 2.25. The smallest absolute Gasteiger partial charge is 0.356 e. The first-order valence-electron chi connectivity index (χ1n) is 3.74. The summed E-state index contributed by atoms with van der Waals surface area (Å²) in [6, 6.07) is 0. The van der Waals surface area contributed by atoms with Gasteiger partial charge in [0.25, 0.3) is 0 Å². The van der Waals surface area contributed by atoms with Crippen LogP contribution in [0.3, 0.4) is 0 Å². The minimum atomic E-state index is -1.01. The first-order chi connectivity index (χ1) is 6.29. The molecule has 5 heteroatoms. The van der Waals surface area contributed by atoms with Crippen LogP contribution in [0.1, 0.15) is 0 Å². The van der Waals surface area contributed by atoms with E-state index < -0.39 is 5.97 Å². The Morgan fingerprint density at radius 1 is 1.62 bits per heavy atom. The van der Waals surface area contributed by atoms with Gasteiger partial charge in [0.1, 0.15) is 6.67 Å². The maximum Gasteiger partial charge on any atom is 0.356 e. The van der Waals surface area contributed by atoms with Crippen LogP contribution in [0.4, 0.5) is 0 Å². The van der Waals surface area contributed by atoms with Gasteiger partial charge in [-0.3, -0.25) is 9.98 Å². The Hall–Kier alpha value is -1.91. The van der Waals surface area contributed by atoms with Gasteiger partial charge in [0.05, 0.1) is 11.9 Å². The molecule has 0 aromatic rings. The normalized spacial score (nSPS) is 19.2. The molecular weight excluding hydrogens is 170 g/mol. The summed E-state index contributed by atoms with van der Waals surface area (Å²) in [5.74, 6) is -1.01. The van der Waals surface area contributed by atoms with Crippen molar-refractivity contribution >= 4 is 17.9 Å². The summed E-state index contributed by atoms with van der Waals surface area (Å²) in [6.07, 6.45) is 6.59. The molecule has 0 atom stereocenters. The van der Waals surface area contributed by atoms with Crippen LogP contribution < -0.4 is 0 Å². The molecule has 1 N–H and O–H groups in total. The number of carbonyl (C=O) groups is 1. The van der Waals surface area contributed by atoms with Gasteiger partial charge in [0.15, 0.2) is 5.71 Å². The second-order valence-electron chi connectivity index (χ2n) is 2.58. The standard InChI is InChI=1S/C8H7N3O2/c12-8(13)7-6-4-9-2-1-3-11(6)5-10-7/h1-4H,5H2,(H,12,13). The van der Waals surface area contributed by atoms with Crippen molar-refractivity contribution in [3.8, 4) is 0 Å². The van der Waals surface area contributed by atoms with E-state index in [1.54, 1.807) is 23.4 Å². The van der Waals surface area contributed by atoms with Gasteiger partial charge in [-0.25, -0.2) is 4.79 Å². The van der Waals surface area contributed by atoms with Crippen LogP contribution in [0.2, 0.25) is 0 Å². The molecular formula is C8H7N3O2. The molecule has 0 aromatic carbocycles. The van der Waals surface area contributed by atoms with E-state index in [9.17, 15) is 4.79 Å². The van der Waals surface area contributed by atoms with Crippen molar-refractivity contribution in [2.75, 3.05) is 6.67 Å². The van der Waals surface area contributed by atoms with Gasteiger partial charge in [0.2, 0.25) is 0 Å². The molecule has 2 aliphatic heterocycles. The van der Waals surface area contributed by atoms with Gasteiger partial charge < -0.3 is 10.0 Å². The van der Waals surface area contributed by atoms with Gasteiger partial charge in [-0.05, 0) is 6.08 Å². The second-order valence-corrected chi connectivity index (χ2v) is 2.58. The molecule has 0 saturated carbocycles. The third-order valence-electron chi connectivity index (χ3n) is 1.77. The summed E-state index contributed by atoms with van der Waals surface area (Å²) < 4.78 is 0. The first kappa shape index (κ1) is 7.72. The molecule has 0 saturated heterocycles. The monoisotopic (exact) mass is 177 g/mol. The van der Waals surface area contributed by atoms with Gasteiger partial charge in [0, 0.05) is 12.4 Å². The van der Waals surface area contributed by atoms with E-state index in [1.165, 1.54) is 6.20 Å². The SMILES string of the molecule is O=C(O)C1=NCN2C=CC=NC=C12. The molecule has 2 heterocycles. The van der Waals surface area contributed by atoms with Gasteiger partial charge in [-0.2, -0.15) is 0 Å². The molecule has 13 heavy (non-hydrogen) atoms. The number of rotatable bonds is 1. The maximum absolute atomic E-state index is 10.7. The van der Waals surface area contributed by atoms with Crippen LogP contribution in [0.5, 0.6) is 0 Å². The molecule has 0 unspecified atom stereocenters. The number of hydrogen-bond acceptors (Lipinski definition) is 4. The van der Waals surface area contributed by atoms with Crippen molar-refractivity contribution in [3.63, 3.8) is 0 Å². The number of aliphatic imine (C=N–C) groups is 2. The fourth-order valence-electron chi connectivity index (χ4n) is 1.19. The average molecular weight is 177 g/mol. The summed E-state index contributed by atoms with van der Waals surface area (Å²) in [5, 5.41) is 8.77. The molecule has 0 amide bonds. The number of hydrogen-bond donors (Lipinski definition) is 1. The van der Waals surface area contributed by atoms with Crippen LogP contribution in [-0.2, 0) is 4.79 Å². The van der Waals surface area contributed by atoms with E-state index in [0.717, 1.165) is 0 Å². The molecule has 0 aromatic heterocycles. The Kier molecular flexibility index (Phi) is 1.70. The van der Waals surface area contributed by atoms with Crippen molar-refractivity contribution in [3.05, 3.63) is 24.2 Å². The van der Waals surface area contributed by atoms with Crippen molar-refractivity contribution in [1.29, 1.82) is 0 Å². The highest BCUT2D eigenvalue weighted by molar-refractivity contribution is 6.42. The van der Waals surface area contributed by atoms with Crippen molar-refractivity contribution in [2.45, 2.75) is 0 Å². The summed E-state index contributed by atoms with van der Waals surface area (Å²) in [5.41, 5.74) is 0.612. The summed E-state index contributed by atoms with van der Waals surface area (Å²) in [4.78, 5) is 20.2. The lowest BCUT2D eigenvalue weighted by Gasteiger charge is -2.10. The number of allylic oxidation sites excluding steroid dienone is 1. The average Bonchev–Trinajstić information content (AvgIpc) is 2.36. The van der Waals surface area contributed by atoms with Crippen LogP contribution in [0, 0.1) is 0 Å². The van der Waals surface area contributed by atoms with Crippen molar-refractivity contribution in [1.82, 2.24) is 4.90 Å². The summed E-state index contributed by atoms with van der Waals surface area (Å²) >= 11 is 0. The molecule has 66 valence electrons. The topological polar surface area (TPSA) is 65.3 Å². The molecule has 2 rings (SSSR count). The molecule has 2 aliphatic rings. The minimum absolute atomic E-state index is 0.0729. The van der Waals surface area contributed by atoms with Crippen LogP contribution in [-0.4, -0.2) is 34.6 Å². The van der Waals surface area contributed by atoms with E-state index in [-0.39, 0.29) is 5.71 Å². The number of nitrogens with zero attached hydrogens (tertiary/aromatic N) is 3. The van der Waals surface area contributed by atoms with E-state index in [1.807, 2.05) is 0 Å². The predicted molar refractivity (Wildman–Crippen MR) is 47.5 cm³/mol. The van der Waals surface area contributed by atoms with Crippen molar-refractivity contribution < 1.29 is 9.90 Å². The fraction of sp³-hybridized carbons (Fsp3) is 0.125. The molecule has 5 nitrogen and oxygen atoms in total. The zero-order valence-corrected chi connectivity index (χ0v) is 6.71. The summed E-state index contributed by atoms with van der Waals surface area (Å²) in [6.45, 7) is 0.354. The lowest BCUT2D eigenvalue weighted by Crippen LogP contribution is -2.19. The fourth-order valence-corrected chi connectivity index (χ4v) is 1.19. The minimum Gasteiger partial charge on any atom is -0.476 e. The third-order valence-corrected chi connectivity index (χ3v) is 1.77. The van der Waals surface area contributed by atoms with Gasteiger partial charge in [-0.15, -0.1) is 0 Å². The van der Waals surface area contributed by atoms with Crippen LogP contribution in [0.15, 0.2) is 34.2 Å². The van der Waals surface area contributed by atoms with E-state index in [0.29, 0.717) is 12.4 Å². The molecule has 0 aliphatic carbocycles. The Morgan fingerprint density at radius 3 is 3.23 bits per heavy atom. The highest BCUT2D eigenvalue weighted by Crippen LogP contribution is 2.16. The largest absolute Gasteiger partial charge is 0.476 e.